The van der Waals surface area contributed by atoms with Gasteiger partial charge in [-0.05, 0) is 60.9 Å². The molecule has 0 aliphatic carbocycles. The number of benzene rings is 3. The molecule has 0 bridgehead atoms. The summed E-state index contributed by atoms with van der Waals surface area (Å²) in [4.78, 5) is 28.0. The van der Waals surface area contributed by atoms with Crippen LogP contribution in [0.15, 0.2) is 78.4 Å². The van der Waals surface area contributed by atoms with E-state index in [9.17, 15) is 14.7 Å². The van der Waals surface area contributed by atoms with Crippen LogP contribution in [0.25, 0.3) is 5.76 Å². The number of ketones is 1. The van der Waals surface area contributed by atoms with Gasteiger partial charge < -0.3 is 14.6 Å². The zero-order chi connectivity index (χ0) is 27.1. The first kappa shape index (κ1) is 24.8. The molecule has 3 aromatic carbocycles. The number of aryl methyl sites for hydroxylation is 1. The lowest BCUT2D eigenvalue weighted by atomic mass is 9.94. The number of nitrogens with zero attached hydrogens (tertiary/aromatic N) is 3. The Balaban J connectivity index is 1.39. The van der Waals surface area contributed by atoms with Crippen molar-refractivity contribution < 1.29 is 24.2 Å². The van der Waals surface area contributed by atoms with Crippen molar-refractivity contribution in [3.05, 3.63) is 106 Å². The molecule has 6 rings (SSSR count). The van der Waals surface area contributed by atoms with Crippen LogP contribution in [0.5, 0.6) is 11.5 Å². The van der Waals surface area contributed by atoms with Gasteiger partial charge in [-0.2, -0.15) is 0 Å². The van der Waals surface area contributed by atoms with Gasteiger partial charge in [0.25, 0.3) is 5.78 Å². The standard InChI is InChI=1S/C30H25N3O5S/c1-17-14-22-15-21(10-13-24(22)38-17)27(34)25-26(33(29(36)28(25)35)30-32-31-18(2)39-30)20-8-11-23(12-9-20)37-16-19-6-4-3-5-7-19/h3-13,15,17,26,34H,14,16H2,1-2H3/b27-25+/t17-,26+/m1/s1. The fraction of sp³-hybridized carbons (Fsp3) is 0.200. The molecule has 2 aliphatic heterocycles. The average molecular weight is 540 g/mol. The molecule has 1 saturated heterocycles. The van der Waals surface area contributed by atoms with Gasteiger partial charge in [0, 0.05) is 12.0 Å². The maximum atomic E-state index is 13.4. The number of aromatic nitrogens is 2. The lowest BCUT2D eigenvalue weighted by Gasteiger charge is -2.22. The molecule has 0 saturated carbocycles. The molecule has 1 aromatic heterocycles. The summed E-state index contributed by atoms with van der Waals surface area (Å²) in [5.74, 6) is -0.389. The van der Waals surface area contributed by atoms with Gasteiger partial charge in [-0.1, -0.05) is 53.8 Å². The van der Waals surface area contributed by atoms with Crippen molar-refractivity contribution in [2.24, 2.45) is 0 Å². The van der Waals surface area contributed by atoms with Crippen LogP contribution in [0.4, 0.5) is 5.13 Å². The highest BCUT2D eigenvalue weighted by Crippen LogP contribution is 2.44. The van der Waals surface area contributed by atoms with Crippen molar-refractivity contribution in [3.8, 4) is 11.5 Å². The normalized spacial score (nSPS) is 19.7. The van der Waals surface area contributed by atoms with Crippen molar-refractivity contribution in [2.45, 2.75) is 39.0 Å². The van der Waals surface area contributed by atoms with Gasteiger partial charge in [-0.3, -0.25) is 14.5 Å². The first-order valence-electron chi connectivity index (χ1n) is 12.6. The monoisotopic (exact) mass is 539 g/mol. The number of rotatable bonds is 6. The molecule has 3 heterocycles. The predicted octanol–water partition coefficient (Wildman–Crippen LogP) is 5.38. The highest BCUT2D eigenvalue weighted by Gasteiger charge is 2.48. The SMILES string of the molecule is Cc1nnc(N2C(=O)C(=O)/C(=C(/O)c3ccc4c(c3)C[C@@H](C)O4)[C@@H]2c2ccc(OCc3ccccc3)cc2)s1. The Bertz CT molecular complexity index is 1600. The molecule has 0 spiro atoms. The molecule has 2 atom stereocenters. The van der Waals surface area contributed by atoms with E-state index >= 15 is 0 Å². The highest BCUT2D eigenvalue weighted by molar-refractivity contribution is 7.15. The van der Waals surface area contributed by atoms with Gasteiger partial charge in [-0.15, -0.1) is 10.2 Å². The van der Waals surface area contributed by atoms with Crippen LogP contribution in [-0.2, 0) is 22.6 Å². The molecule has 9 heteroatoms. The lowest BCUT2D eigenvalue weighted by molar-refractivity contribution is -0.132. The molecule has 1 N–H and O–H groups in total. The first-order valence-corrected chi connectivity index (χ1v) is 13.4. The number of aliphatic hydroxyl groups is 1. The largest absolute Gasteiger partial charge is 0.507 e. The van der Waals surface area contributed by atoms with Crippen LogP contribution in [0.3, 0.4) is 0 Å². The Kier molecular flexibility index (Phi) is 6.36. The number of anilines is 1. The van der Waals surface area contributed by atoms with Gasteiger partial charge in [0.1, 0.15) is 35.0 Å². The van der Waals surface area contributed by atoms with Crippen LogP contribution < -0.4 is 14.4 Å². The summed E-state index contributed by atoms with van der Waals surface area (Å²) in [6.07, 6.45) is 0.731. The van der Waals surface area contributed by atoms with Crippen molar-refractivity contribution in [2.75, 3.05) is 4.90 Å². The van der Waals surface area contributed by atoms with E-state index in [0.29, 0.717) is 40.0 Å². The summed E-state index contributed by atoms with van der Waals surface area (Å²) >= 11 is 1.21. The minimum Gasteiger partial charge on any atom is -0.507 e. The molecule has 1 fully saturated rings. The van der Waals surface area contributed by atoms with Crippen LogP contribution in [-0.4, -0.2) is 33.1 Å². The second kappa shape index (κ2) is 9.99. The fourth-order valence-electron chi connectivity index (χ4n) is 4.94. The number of aliphatic hydroxyl groups excluding tert-OH is 1. The lowest BCUT2D eigenvalue weighted by Crippen LogP contribution is -2.29. The number of hydrogen-bond donors (Lipinski definition) is 1. The number of hydrogen-bond acceptors (Lipinski definition) is 8. The Morgan fingerprint density at radius 3 is 2.56 bits per heavy atom. The summed E-state index contributed by atoms with van der Waals surface area (Å²) in [5, 5.41) is 20.6. The van der Waals surface area contributed by atoms with E-state index in [-0.39, 0.29) is 17.4 Å². The fourth-order valence-corrected chi connectivity index (χ4v) is 5.65. The highest BCUT2D eigenvalue weighted by atomic mass is 32.1. The third-order valence-electron chi connectivity index (χ3n) is 6.78. The van der Waals surface area contributed by atoms with E-state index in [1.807, 2.05) is 43.3 Å². The molecule has 0 unspecified atom stereocenters. The van der Waals surface area contributed by atoms with Crippen molar-refractivity contribution >= 4 is 33.9 Å². The minimum absolute atomic E-state index is 0.00211. The van der Waals surface area contributed by atoms with Gasteiger partial charge in [-0.25, -0.2) is 0 Å². The molecule has 4 aromatic rings. The summed E-state index contributed by atoms with van der Waals surface area (Å²) < 4.78 is 11.7. The second-order valence-corrected chi connectivity index (χ2v) is 10.7. The number of Topliss-reactive ketones (excluding diaryl/α,β-unsaturated/α-hetero) is 1. The molecular weight excluding hydrogens is 514 g/mol. The zero-order valence-electron chi connectivity index (χ0n) is 21.3. The Morgan fingerprint density at radius 1 is 1.08 bits per heavy atom. The summed E-state index contributed by atoms with van der Waals surface area (Å²) in [6.45, 7) is 4.16. The summed E-state index contributed by atoms with van der Waals surface area (Å²) in [5.41, 5.74) is 3.06. The molecule has 196 valence electrons. The number of ether oxygens (including phenoxy) is 2. The van der Waals surface area contributed by atoms with Crippen LogP contribution in [0.2, 0.25) is 0 Å². The van der Waals surface area contributed by atoms with Crippen LogP contribution in [0, 0.1) is 6.92 Å². The van der Waals surface area contributed by atoms with E-state index in [1.54, 1.807) is 43.3 Å². The smallest absolute Gasteiger partial charge is 0.301 e. The average Bonchev–Trinajstić information content (AvgIpc) is 3.62. The first-order chi connectivity index (χ1) is 18.9. The third-order valence-corrected chi connectivity index (χ3v) is 7.62. The molecule has 1 amide bonds. The molecule has 0 radical (unpaired) electrons. The summed E-state index contributed by atoms with van der Waals surface area (Å²) in [7, 11) is 0. The Hall–Kier alpha value is -4.50. The molecule has 39 heavy (non-hydrogen) atoms. The second-order valence-electron chi connectivity index (χ2n) is 9.57. The maximum absolute atomic E-state index is 13.4. The van der Waals surface area contributed by atoms with Gasteiger partial charge in [0.15, 0.2) is 0 Å². The Labute approximate surface area is 229 Å². The Morgan fingerprint density at radius 2 is 1.85 bits per heavy atom. The zero-order valence-corrected chi connectivity index (χ0v) is 22.1. The maximum Gasteiger partial charge on any atom is 0.301 e. The van der Waals surface area contributed by atoms with E-state index < -0.39 is 17.7 Å². The van der Waals surface area contributed by atoms with Crippen LogP contribution in [0.1, 0.15) is 40.2 Å². The number of carbonyl (C=O) groups is 2. The van der Waals surface area contributed by atoms with E-state index in [1.165, 1.54) is 16.2 Å². The number of fused-ring (bicyclic) bond motifs is 1. The number of carbonyl (C=O) groups excluding carboxylic acids is 2. The van der Waals surface area contributed by atoms with Crippen molar-refractivity contribution in [3.63, 3.8) is 0 Å². The van der Waals surface area contributed by atoms with Crippen molar-refractivity contribution in [1.29, 1.82) is 0 Å². The quantitative estimate of drug-likeness (QED) is 0.200. The van der Waals surface area contributed by atoms with E-state index in [2.05, 4.69) is 10.2 Å². The van der Waals surface area contributed by atoms with Crippen molar-refractivity contribution in [1.82, 2.24) is 10.2 Å². The van der Waals surface area contributed by atoms with Gasteiger partial charge >= 0.3 is 5.91 Å². The minimum atomic E-state index is -0.885. The number of amides is 1. The van der Waals surface area contributed by atoms with Crippen LogP contribution >= 0.6 is 11.3 Å². The summed E-state index contributed by atoms with van der Waals surface area (Å²) in [6, 6.07) is 21.4. The molecule has 2 aliphatic rings. The van der Waals surface area contributed by atoms with Gasteiger partial charge in [0.2, 0.25) is 5.13 Å². The van der Waals surface area contributed by atoms with E-state index in [0.717, 1.165) is 16.9 Å². The van der Waals surface area contributed by atoms with E-state index in [4.69, 9.17) is 9.47 Å². The topological polar surface area (TPSA) is 102 Å². The molecule has 8 nitrogen and oxygen atoms in total. The van der Waals surface area contributed by atoms with Gasteiger partial charge in [0.05, 0.1) is 11.6 Å². The third kappa shape index (κ3) is 4.66. The predicted molar refractivity (Wildman–Crippen MR) is 147 cm³/mol. The molecular formula is C30H25N3O5S.